The van der Waals surface area contributed by atoms with Crippen LogP contribution < -0.4 is 14.8 Å². The summed E-state index contributed by atoms with van der Waals surface area (Å²) < 4.78 is 21.5. The highest BCUT2D eigenvalue weighted by Gasteiger charge is 2.15. The third-order valence-corrected chi connectivity index (χ3v) is 4.11. The van der Waals surface area contributed by atoms with Crippen LogP contribution in [-0.4, -0.2) is 35.1 Å². The molecule has 9 heteroatoms. The molecule has 0 spiro atoms. The second-order valence-corrected chi connectivity index (χ2v) is 5.97. The van der Waals surface area contributed by atoms with Crippen LogP contribution >= 0.6 is 11.8 Å². The molecule has 0 atom stereocenters. The second-order valence-electron chi connectivity index (χ2n) is 5.05. The Morgan fingerprint density at radius 1 is 1.16 bits per heavy atom. The van der Waals surface area contributed by atoms with Gasteiger partial charge in [0, 0.05) is 11.8 Å². The summed E-state index contributed by atoms with van der Waals surface area (Å²) in [6, 6.07) is 8.71. The van der Waals surface area contributed by atoms with Gasteiger partial charge in [0.15, 0.2) is 17.3 Å². The van der Waals surface area contributed by atoms with Crippen molar-refractivity contribution in [2.75, 3.05) is 24.3 Å². The molecule has 128 valence electrons. The quantitative estimate of drug-likeness (QED) is 0.694. The highest BCUT2D eigenvalue weighted by atomic mass is 32.2. The van der Waals surface area contributed by atoms with Gasteiger partial charge >= 0.3 is 0 Å². The first kappa shape index (κ1) is 15.6. The molecule has 1 aliphatic heterocycles. The van der Waals surface area contributed by atoms with Crippen LogP contribution in [0.15, 0.2) is 50.7 Å². The number of furan rings is 1. The number of aromatic nitrogens is 2. The van der Waals surface area contributed by atoms with Crippen molar-refractivity contribution in [1.82, 2.24) is 10.2 Å². The van der Waals surface area contributed by atoms with E-state index in [1.165, 1.54) is 6.26 Å². The maximum atomic E-state index is 12.1. The fraction of sp³-hybridized carbons (Fsp3) is 0.188. The van der Waals surface area contributed by atoms with E-state index in [0.29, 0.717) is 41.4 Å². The van der Waals surface area contributed by atoms with Crippen LogP contribution in [0.5, 0.6) is 11.5 Å². The number of ether oxygens (including phenoxy) is 2. The molecular weight excluding hydrogens is 346 g/mol. The number of hydrogen-bond acceptors (Lipinski definition) is 8. The van der Waals surface area contributed by atoms with E-state index in [-0.39, 0.29) is 17.6 Å². The average Bonchev–Trinajstić information content (AvgIpc) is 3.31. The van der Waals surface area contributed by atoms with Crippen molar-refractivity contribution >= 4 is 23.4 Å². The highest BCUT2D eigenvalue weighted by molar-refractivity contribution is 7.99. The lowest BCUT2D eigenvalue weighted by atomic mass is 10.2. The Kier molecular flexibility index (Phi) is 4.30. The third kappa shape index (κ3) is 3.61. The van der Waals surface area contributed by atoms with Crippen molar-refractivity contribution in [3.63, 3.8) is 0 Å². The summed E-state index contributed by atoms with van der Waals surface area (Å²) in [4.78, 5) is 12.1. The van der Waals surface area contributed by atoms with Crippen LogP contribution in [0.4, 0.5) is 5.69 Å². The molecule has 3 aromatic rings. The maximum absolute atomic E-state index is 12.1. The summed E-state index contributed by atoms with van der Waals surface area (Å²) in [5, 5.41) is 10.8. The van der Waals surface area contributed by atoms with E-state index in [1.807, 2.05) is 0 Å². The smallest absolute Gasteiger partial charge is 0.284 e. The Morgan fingerprint density at radius 2 is 2.04 bits per heavy atom. The number of amides is 1. The van der Waals surface area contributed by atoms with Crippen molar-refractivity contribution < 1.29 is 23.1 Å². The molecule has 0 aliphatic carbocycles. The first-order valence-electron chi connectivity index (χ1n) is 7.47. The Morgan fingerprint density at radius 3 is 2.88 bits per heavy atom. The Bertz CT molecular complexity index is 878. The number of anilines is 1. The first-order chi connectivity index (χ1) is 12.3. The van der Waals surface area contributed by atoms with Crippen molar-refractivity contribution in [3.05, 3.63) is 36.6 Å². The van der Waals surface area contributed by atoms with E-state index < -0.39 is 0 Å². The largest absolute Gasteiger partial charge is 0.486 e. The molecule has 8 nitrogen and oxygen atoms in total. The summed E-state index contributed by atoms with van der Waals surface area (Å²) in [7, 11) is 0. The highest BCUT2D eigenvalue weighted by Crippen LogP contribution is 2.32. The number of nitrogens with zero attached hydrogens (tertiary/aromatic N) is 2. The predicted octanol–water partition coefficient (Wildman–Crippen LogP) is 2.83. The normalized spacial score (nSPS) is 12.8. The zero-order valence-electron chi connectivity index (χ0n) is 12.9. The lowest BCUT2D eigenvalue weighted by Gasteiger charge is -2.18. The minimum Gasteiger partial charge on any atom is -0.486 e. The fourth-order valence-corrected chi connectivity index (χ4v) is 2.78. The van der Waals surface area contributed by atoms with Gasteiger partial charge in [0.25, 0.3) is 11.1 Å². The fourth-order valence-electron chi connectivity index (χ4n) is 2.21. The number of benzene rings is 1. The van der Waals surface area contributed by atoms with Gasteiger partial charge in [-0.15, -0.1) is 10.2 Å². The van der Waals surface area contributed by atoms with Crippen LogP contribution in [0.25, 0.3) is 11.7 Å². The van der Waals surface area contributed by atoms with Gasteiger partial charge in [-0.2, -0.15) is 0 Å². The van der Waals surface area contributed by atoms with Crippen molar-refractivity contribution in [3.8, 4) is 23.1 Å². The van der Waals surface area contributed by atoms with Gasteiger partial charge < -0.3 is 23.6 Å². The molecule has 0 fully saturated rings. The van der Waals surface area contributed by atoms with Crippen LogP contribution in [0.2, 0.25) is 0 Å². The average molecular weight is 359 g/mol. The van der Waals surface area contributed by atoms with E-state index in [2.05, 4.69) is 15.5 Å². The lowest BCUT2D eigenvalue weighted by Crippen LogP contribution is -2.17. The number of carbonyl (C=O) groups is 1. The van der Waals surface area contributed by atoms with Gasteiger partial charge in [-0.1, -0.05) is 11.8 Å². The van der Waals surface area contributed by atoms with E-state index in [9.17, 15) is 4.79 Å². The molecule has 1 amide bonds. The van der Waals surface area contributed by atoms with E-state index in [0.717, 1.165) is 11.8 Å². The minimum atomic E-state index is -0.195. The molecule has 2 aromatic heterocycles. The Hall–Kier alpha value is -2.94. The standard InChI is InChI=1S/C16H13N3O5S/c20-14(17-10-3-4-11-13(8-10)23-7-6-22-11)9-25-16-19-18-15(24-16)12-2-1-5-21-12/h1-5,8H,6-7,9H2,(H,17,20). The first-order valence-corrected chi connectivity index (χ1v) is 8.46. The Balaban J connectivity index is 1.33. The number of nitrogens with one attached hydrogen (secondary N) is 1. The predicted molar refractivity (Wildman–Crippen MR) is 88.8 cm³/mol. The SMILES string of the molecule is O=C(CSc1nnc(-c2ccco2)o1)Nc1ccc2c(c1)OCCO2. The third-order valence-electron chi connectivity index (χ3n) is 3.29. The molecule has 1 aliphatic rings. The van der Waals surface area contributed by atoms with Crippen molar-refractivity contribution in [2.45, 2.75) is 5.22 Å². The lowest BCUT2D eigenvalue weighted by molar-refractivity contribution is -0.113. The molecule has 0 radical (unpaired) electrons. The van der Waals surface area contributed by atoms with Gasteiger partial charge in [0.2, 0.25) is 5.91 Å². The molecular formula is C16H13N3O5S. The number of fused-ring (bicyclic) bond motifs is 1. The summed E-state index contributed by atoms with van der Waals surface area (Å²) in [6.07, 6.45) is 1.52. The molecule has 1 aromatic carbocycles. The van der Waals surface area contributed by atoms with Crippen LogP contribution in [0.3, 0.4) is 0 Å². The van der Waals surface area contributed by atoms with E-state index in [4.69, 9.17) is 18.3 Å². The topological polar surface area (TPSA) is 99.6 Å². The molecule has 0 saturated carbocycles. The van der Waals surface area contributed by atoms with Gasteiger partial charge in [0.05, 0.1) is 12.0 Å². The minimum absolute atomic E-state index is 0.133. The summed E-state index contributed by atoms with van der Waals surface area (Å²) in [5.74, 6) is 2.00. The molecule has 25 heavy (non-hydrogen) atoms. The number of thioether (sulfide) groups is 1. The molecule has 4 rings (SSSR count). The molecule has 3 heterocycles. The van der Waals surface area contributed by atoms with Gasteiger partial charge in [-0.3, -0.25) is 4.79 Å². The van der Waals surface area contributed by atoms with Gasteiger partial charge in [-0.05, 0) is 24.3 Å². The van der Waals surface area contributed by atoms with Crippen LogP contribution in [0, 0.1) is 0 Å². The molecule has 0 bridgehead atoms. The zero-order chi connectivity index (χ0) is 17.1. The second kappa shape index (κ2) is 6.89. The van der Waals surface area contributed by atoms with Crippen LogP contribution in [-0.2, 0) is 4.79 Å². The number of carbonyl (C=O) groups excluding carboxylic acids is 1. The van der Waals surface area contributed by atoms with E-state index in [1.54, 1.807) is 30.3 Å². The zero-order valence-corrected chi connectivity index (χ0v) is 13.7. The van der Waals surface area contributed by atoms with Crippen LogP contribution in [0.1, 0.15) is 0 Å². The molecule has 0 saturated heterocycles. The summed E-state index contributed by atoms with van der Waals surface area (Å²) >= 11 is 1.14. The maximum Gasteiger partial charge on any atom is 0.284 e. The van der Waals surface area contributed by atoms with Crippen molar-refractivity contribution in [2.24, 2.45) is 0 Å². The summed E-state index contributed by atoms with van der Waals surface area (Å²) in [5.41, 5.74) is 0.636. The summed E-state index contributed by atoms with van der Waals surface area (Å²) in [6.45, 7) is 1.02. The molecule has 1 N–H and O–H groups in total. The number of rotatable bonds is 5. The number of hydrogen-bond donors (Lipinski definition) is 1. The van der Waals surface area contributed by atoms with Crippen molar-refractivity contribution in [1.29, 1.82) is 0 Å². The van der Waals surface area contributed by atoms with Gasteiger partial charge in [0.1, 0.15) is 13.2 Å². The molecule has 0 unspecified atom stereocenters. The van der Waals surface area contributed by atoms with E-state index >= 15 is 0 Å². The monoisotopic (exact) mass is 359 g/mol. The van der Waals surface area contributed by atoms with Gasteiger partial charge in [-0.25, -0.2) is 0 Å². The Labute approximate surface area is 146 Å².